The molecule has 9 heteroatoms. The first-order valence-corrected chi connectivity index (χ1v) is 9.25. The Hall–Kier alpha value is -0.130. The number of hydrogen-bond donors (Lipinski definition) is 2. The van der Waals surface area contributed by atoms with Crippen LogP contribution in [0.2, 0.25) is 0 Å². The molecule has 0 atom stereocenters. The molecule has 1 saturated carbocycles. The fraction of sp³-hybridized carbons (Fsp3) is 0.923. The zero-order valence-corrected chi connectivity index (χ0v) is 16.8. The summed E-state index contributed by atoms with van der Waals surface area (Å²) >= 11 is 0. The number of likely N-dealkylation sites (N-methyl/N-ethyl adjacent to an activating group) is 1. The third kappa shape index (κ3) is 11.4. The third-order valence-corrected chi connectivity index (χ3v) is 3.92. The van der Waals surface area contributed by atoms with E-state index in [1.54, 1.807) is 7.05 Å². The molecule has 0 radical (unpaired) electrons. The minimum Gasteiger partial charge on any atom is -0.379 e. The van der Waals surface area contributed by atoms with E-state index in [2.05, 4.69) is 15.0 Å². The fourth-order valence-electron chi connectivity index (χ4n) is 1.77. The van der Waals surface area contributed by atoms with Gasteiger partial charge < -0.3 is 15.0 Å². The molecule has 0 heterocycles. The molecule has 0 aromatic rings. The average molecular weight is 448 g/mol. The van der Waals surface area contributed by atoms with Gasteiger partial charge in [-0.2, -0.15) is 0 Å². The zero-order valence-electron chi connectivity index (χ0n) is 13.7. The summed E-state index contributed by atoms with van der Waals surface area (Å²) < 4.78 is 29.9. The molecule has 0 aliphatic heterocycles. The van der Waals surface area contributed by atoms with Crippen molar-refractivity contribution >= 4 is 40.0 Å². The second-order valence-electron chi connectivity index (χ2n) is 5.43. The van der Waals surface area contributed by atoms with Gasteiger partial charge in [0.2, 0.25) is 10.0 Å². The molecule has 1 rings (SSSR count). The maximum absolute atomic E-state index is 10.9. The molecule has 22 heavy (non-hydrogen) atoms. The molecule has 0 saturated heterocycles. The molecular weight excluding hydrogens is 419 g/mol. The summed E-state index contributed by atoms with van der Waals surface area (Å²) in [5.74, 6) is 1.58. The number of sulfonamides is 1. The van der Waals surface area contributed by atoms with Crippen molar-refractivity contribution in [2.24, 2.45) is 10.9 Å². The summed E-state index contributed by atoms with van der Waals surface area (Å²) in [4.78, 5) is 6.21. The van der Waals surface area contributed by atoms with Crippen LogP contribution in [0.5, 0.6) is 0 Å². The van der Waals surface area contributed by atoms with Crippen molar-refractivity contribution in [1.29, 1.82) is 0 Å². The Bertz CT molecular complexity index is 427. The van der Waals surface area contributed by atoms with E-state index in [1.165, 1.54) is 12.8 Å². The zero-order chi connectivity index (χ0) is 15.7. The highest BCUT2D eigenvalue weighted by Gasteiger charge is 2.21. The first kappa shape index (κ1) is 21.9. The Morgan fingerprint density at radius 1 is 1.36 bits per heavy atom. The van der Waals surface area contributed by atoms with E-state index in [4.69, 9.17) is 4.74 Å². The molecule has 0 aromatic heterocycles. The lowest BCUT2D eigenvalue weighted by Gasteiger charge is -2.22. The maximum atomic E-state index is 10.9. The summed E-state index contributed by atoms with van der Waals surface area (Å²) in [5, 5.41) is 3.20. The summed E-state index contributed by atoms with van der Waals surface area (Å²) in [6.07, 6.45) is 4.48. The molecule has 1 aliphatic rings. The van der Waals surface area contributed by atoms with Gasteiger partial charge in [-0.25, -0.2) is 13.1 Å². The minimum absolute atomic E-state index is 0. The van der Waals surface area contributed by atoms with Gasteiger partial charge >= 0.3 is 0 Å². The molecule has 1 aliphatic carbocycles. The highest BCUT2D eigenvalue weighted by Crippen LogP contribution is 2.28. The molecule has 0 aromatic carbocycles. The van der Waals surface area contributed by atoms with Crippen LogP contribution in [-0.4, -0.2) is 72.5 Å². The van der Waals surface area contributed by atoms with Crippen LogP contribution in [0.25, 0.3) is 0 Å². The maximum Gasteiger partial charge on any atom is 0.208 e. The van der Waals surface area contributed by atoms with E-state index in [0.717, 1.165) is 31.3 Å². The Morgan fingerprint density at radius 2 is 2.05 bits per heavy atom. The van der Waals surface area contributed by atoms with Crippen molar-refractivity contribution in [2.45, 2.75) is 19.3 Å². The fourth-order valence-corrected chi connectivity index (χ4v) is 2.29. The SMILES string of the molecule is CN=C(NCCCNS(C)(=O)=O)N(C)CCOCC1CC1.I. The van der Waals surface area contributed by atoms with Crippen molar-refractivity contribution in [1.82, 2.24) is 14.9 Å². The van der Waals surface area contributed by atoms with Gasteiger partial charge in [-0.15, -0.1) is 24.0 Å². The molecule has 2 N–H and O–H groups in total. The Morgan fingerprint density at radius 3 is 2.59 bits per heavy atom. The largest absolute Gasteiger partial charge is 0.379 e. The van der Waals surface area contributed by atoms with Crippen LogP contribution in [0.1, 0.15) is 19.3 Å². The van der Waals surface area contributed by atoms with Crippen molar-refractivity contribution in [3.05, 3.63) is 0 Å². The normalized spacial score (nSPS) is 15.3. The number of aliphatic imine (C=N–C) groups is 1. The molecule has 1 fully saturated rings. The first-order valence-electron chi connectivity index (χ1n) is 7.36. The lowest BCUT2D eigenvalue weighted by Crippen LogP contribution is -2.41. The monoisotopic (exact) mass is 448 g/mol. The lowest BCUT2D eigenvalue weighted by molar-refractivity contribution is 0.115. The van der Waals surface area contributed by atoms with E-state index >= 15 is 0 Å². The number of guanidine groups is 1. The van der Waals surface area contributed by atoms with E-state index in [1.807, 2.05) is 11.9 Å². The van der Waals surface area contributed by atoms with E-state index in [0.29, 0.717) is 26.1 Å². The number of rotatable bonds is 10. The highest BCUT2D eigenvalue weighted by atomic mass is 127. The predicted octanol–water partition coefficient (Wildman–Crippen LogP) is 0.478. The van der Waals surface area contributed by atoms with Crippen LogP contribution >= 0.6 is 24.0 Å². The molecule has 0 amide bonds. The van der Waals surface area contributed by atoms with E-state index in [-0.39, 0.29) is 24.0 Å². The first-order chi connectivity index (χ1) is 9.92. The topological polar surface area (TPSA) is 83.0 Å². The summed E-state index contributed by atoms with van der Waals surface area (Å²) in [7, 11) is 0.599. The quantitative estimate of drug-likeness (QED) is 0.220. The van der Waals surface area contributed by atoms with Crippen LogP contribution in [0, 0.1) is 5.92 Å². The molecule has 0 spiro atoms. The van der Waals surface area contributed by atoms with Gasteiger partial charge in [0.15, 0.2) is 5.96 Å². The van der Waals surface area contributed by atoms with Crippen molar-refractivity contribution in [3.63, 3.8) is 0 Å². The van der Waals surface area contributed by atoms with Gasteiger partial charge in [0.1, 0.15) is 0 Å². The van der Waals surface area contributed by atoms with Gasteiger partial charge in [-0.05, 0) is 25.2 Å². The van der Waals surface area contributed by atoms with Gasteiger partial charge in [-0.1, -0.05) is 0 Å². The van der Waals surface area contributed by atoms with E-state index < -0.39 is 10.0 Å². The lowest BCUT2D eigenvalue weighted by atomic mass is 10.4. The number of halogens is 1. The van der Waals surface area contributed by atoms with Crippen LogP contribution in [0.4, 0.5) is 0 Å². The van der Waals surface area contributed by atoms with E-state index in [9.17, 15) is 8.42 Å². The van der Waals surface area contributed by atoms with Gasteiger partial charge in [0, 0.05) is 40.3 Å². The molecule has 7 nitrogen and oxygen atoms in total. The molecule has 0 bridgehead atoms. The van der Waals surface area contributed by atoms with Crippen molar-refractivity contribution in [2.75, 3.05) is 53.2 Å². The predicted molar refractivity (Wildman–Crippen MR) is 100 cm³/mol. The molecule has 0 unspecified atom stereocenters. The number of ether oxygens (including phenoxy) is 1. The minimum atomic E-state index is -3.10. The number of hydrogen-bond acceptors (Lipinski definition) is 4. The number of nitrogens with one attached hydrogen (secondary N) is 2. The van der Waals surface area contributed by atoms with Crippen molar-refractivity contribution < 1.29 is 13.2 Å². The Balaban J connectivity index is 0.00000441. The van der Waals surface area contributed by atoms with Gasteiger partial charge in [0.25, 0.3) is 0 Å². The standard InChI is InChI=1S/C13H28N4O3S.HI/c1-14-13(15-7-4-8-16-21(3,18)19)17(2)9-10-20-11-12-5-6-12;/h12,16H,4-11H2,1-3H3,(H,14,15);1H. The second kappa shape index (κ2) is 11.4. The number of nitrogens with zero attached hydrogens (tertiary/aromatic N) is 2. The third-order valence-electron chi connectivity index (χ3n) is 3.20. The summed E-state index contributed by atoms with van der Waals surface area (Å²) in [6.45, 7) is 3.45. The van der Waals surface area contributed by atoms with Gasteiger partial charge in [-0.3, -0.25) is 4.99 Å². The Kier molecular flexibility index (Phi) is 11.3. The molecular formula is C13H29IN4O3S. The van der Waals surface area contributed by atoms with Gasteiger partial charge in [0.05, 0.1) is 12.9 Å². The van der Waals surface area contributed by atoms with Crippen LogP contribution in [0.3, 0.4) is 0 Å². The van der Waals surface area contributed by atoms with Crippen molar-refractivity contribution in [3.8, 4) is 0 Å². The van der Waals surface area contributed by atoms with Crippen LogP contribution < -0.4 is 10.0 Å². The average Bonchev–Trinajstić information content (AvgIpc) is 3.21. The Labute approximate surface area is 151 Å². The second-order valence-corrected chi connectivity index (χ2v) is 7.27. The smallest absolute Gasteiger partial charge is 0.208 e. The van der Waals surface area contributed by atoms with Crippen LogP contribution in [-0.2, 0) is 14.8 Å². The highest BCUT2D eigenvalue weighted by molar-refractivity contribution is 14.0. The molecule has 132 valence electrons. The summed E-state index contributed by atoms with van der Waals surface area (Å²) in [6, 6.07) is 0. The summed E-state index contributed by atoms with van der Waals surface area (Å²) in [5.41, 5.74) is 0. The van der Waals surface area contributed by atoms with Crippen LogP contribution in [0.15, 0.2) is 4.99 Å².